The fraction of sp³-hybridized carbons (Fsp3) is 0.429. The normalized spacial score (nSPS) is 12.7. The molecule has 0 aliphatic carbocycles. The number of hydrogen-bond donors (Lipinski definition) is 1. The first kappa shape index (κ1) is 12.8. The first-order chi connectivity index (χ1) is 8.63. The first-order valence-electron chi connectivity index (χ1n) is 6.27. The number of rotatable bonds is 4. The molecule has 1 N–H and O–H groups in total. The van der Waals surface area contributed by atoms with Gasteiger partial charge in [0.15, 0.2) is 0 Å². The highest BCUT2D eigenvalue weighted by molar-refractivity contribution is 5.35. The van der Waals surface area contributed by atoms with Gasteiger partial charge in [0.25, 0.3) is 0 Å². The second-order valence-corrected chi connectivity index (χ2v) is 4.64. The first-order valence-corrected chi connectivity index (χ1v) is 6.27. The Hall–Kier alpha value is -1.68. The summed E-state index contributed by atoms with van der Waals surface area (Å²) in [6, 6.07) is 6.10. The van der Waals surface area contributed by atoms with Gasteiger partial charge in [-0.3, -0.25) is 0 Å². The summed E-state index contributed by atoms with van der Waals surface area (Å²) in [6.45, 7) is 6.89. The molecule has 18 heavy (non-hydrogen) atoms. The number of aromatic nitrogens is 3. The number of hydrogen-bond acceptors (Lipinski definition) is 3. The molecule has 2 rings (SSSR count). The van der Waals surface area contributed by atoms with E-state index in [2.05, 4.69) is 17.2 Å². The van der Waals surface area contributed by atoms with E-state index in [0.29, 0.717) is 0 Å². The van der Waals surface area contributed by atoms with E-state index in [1.165, 1.54) is 0 Å². The lowest BCUT2D eigenvalue weighted by molar-refractivity contribution is 0.206. The van der Waals surface area contributed by atoms with Crippen LogP contribution in [0.5, 0.6) is 0 Å². The van der Waals surface area contributed by atoms with E-state index in [1.54, 1.807) is 10.9 Å². The van der Waals surface area contributed by atoms with Gasteiger partial charge in [-0.2, -0.15) is 0 Å². The fourth-order valence-electron chi connectivity index (χ4n) is 2.08. The smallest absolute Gasteiger partial charge is 0.123 e. The minimum absolute atomic E-state index is 0.661. The predicted octanol–water partition coefficient (Wildman–Crippen LogP) is 2.39. The van der Waals surface area contributed by atoms with Gasteiger partial charge in [-0.25, -0.2) is 4.68 Å². The van der Waals surface area contributed by atoms with Crippen LogP contribution in [0.15, 0.2) is 24.4 Å². The molecule has 0 aliphatic heterocycles. The van der Waals surface area contributed by atoms with Gasteiger partial charge >= 0.3 is 0 Å². The van der Waals surface area contributed by atoms with E-state index in [-0.39, 0.29) is 0 Å². The van der Waals surface area contributed by atoms with Gasteiger partial charge in [-0.05, 0) is 31.4 Å². The molecular weight excluding hydrogens is 226 g/mol. The highest BCUT2D eigenvalue weighted by atomic mass is 16.3. The monoisotopic (exact) mass is 245 g/mol. The lowest BCUT2D eigenvalue weighted by Crippen LogP contribution is -2.11. The van der Waals surface area contributed by atoms with Crippen molar-refractivity contribution >= 4 is 0 Å². The summed E-state index contributed by atoms with van der Waals surface area (Å²) >= 11 is 0. The molecule has 2 aromatic rings. The van der Waals surface area contributed by atoms with Gasteiger partial charge < -0.3 is 5.11 Å². The van der Waals surface area contributed by atoms with Crippen molar-refractivity contribution in [3.63, 3.8) is 0 Å². The van der Waals surface area contributed by atoms with E-state index in [0.717, 1.165) is 35.3 Å². The van der Waals surface area contributed by atoms with Gasteiger partial charge in [0, 0.05) is 6.54 Å². The summed E-state index contributed by atoms with van der Waals surface area (Å²) in [5.41, 5.74) is 3.90. The van der Waals surface area contributed by atoms with Crippen LogP contribution in [0.4, 0.5) is 0 Å². The molecule has 1 aromatic heterocycles. The lowest BCUT2D eigenvalue weighted by atomic mass is 9.99. The van der Waals surface area contributed by atoms with Crippen molar-refractivity contribution in [2.75, 3.05) is 0 Å². The molecule has 0 amide bonds. The Balaban J connectivity index is 2.38. The molecule has 0 spiro atoms. The number of aliphatic hydroxyl groups is 1. The maximum Gasteiger partial charge on any atom is 0.123 e. The molecule has 96 valence electrons. The molecule has 0 fully saturated rings. The zero-order valence-electron chi connectivity index (χ0n) is 11.1. The van der Waals surface area contributed by atoms with E-state index in [4.69, 9.17) is 0 Å². The van der Waals surface area contributed by atoms with Crippen LogP contribution in [-0.2, 0) is 6.54 Å². The van der Waals surface area contributed by atoms with E-state index in [9.17, 15) is 5.11 Å². The minimum atomic E-state index is -0.661. The molecule has 0 radical (unpaired) electrons. The quantitative estimate of drug-likeness (QED) is 0.899. The molecule has 4 heteroatoms. The Morgan fingerprint density at radius 2 is 2.11 bits per heavy atom. The Labute approximate surface area is 107 Å². The molecule has 0 bridgehead atoms. The zero-order chi connectivity index (χ0) is 13.1. The van der Waals surface area contributed by atoms with E-state index in [1.807, 2.05) is 32.0 Å². The van der Waals surface area contributed by atoms with Crippen molar-refractivity contribution in [3.8, 4) is 0 Å². The summed E-state index contributed by atoms with van der Waals surface area (Å²) in [5, 5.41) is 18.4. The van der Waals surface area contributed by atoms with Crippen LogP contribution in [0.1, 0.15) is 41.8 Å². The molecule has 0 aliphatic rings. The van der Waals surface area contributed by atoms with Crippen LogP contribution in [0.25, 0.3) is 0 Å². The Bertz CT molecular complexity index is 534. The zero-order valence-corrected chi connectivity index (χ0v) is 11.1. The van der Waals surface area contributed by atoms with Crippen molar-refractivity contribution in [1.29, 1.82) is 0 Å². The highest BCUT2D eigenvalue weighted by Crippen LogP contribution is 2.25. The Kier molecular flexibility index (Phi) is 3.77. The van der Waals surface area contributed by atoms with Crippen LogP contribution in [-0.4, -0.2) is 20.1 Å². The predicted molar refractivity (Wildman–Crippen MR) is 70.3 cm³/mol. The number of aryl methyl sites for hydroxylation is 3. The largest absolute Gasteiger partial charge is 0.382 e. The van der Waals surface area contributed by atoms with Gasteiger partial charge in [-0.1, -0.05) is 35.9 Å². The molecule has 0 saturated carbocycles. The average Bonchev–Trinajstić information content (AvgIpc) is 2.80. The van der Waals surface area contributed by atoms with Gasteiger partial charge in [0.05, 0.1) is 11.9 Å². The van der Waals surface area contributed by atoms with Crippen molar-refractivity contribution in [3.05, 3.63) is 46.8 Å². The molecular formula is C14H19N3O. The van der Waals surface area contributed by atoms with Crippen molar-refractivity contribution in [1.82, 2.24) is 15.0 Å². The average molecular weight is 245 g/mol. The number of aliphatic hydroxyl groups excluding tert-OH is 1. The second-order valence-electron chi connectivity index (χ2n) is 4.64. The second kappa shape index (κ2) is 5.31. The summed E-state index contributed by atoms with van der Waals surface area (Å²) in [4.78, 5) is 0. The fourth-order valence-corrected chi connectivity index (χ4v) is 2.08. The lowest BCUT2D eigenvalue weighted by Gasteiger charge is -2.15. The van der Waals surface area contributed by atoms with Crippen LogP contribution in [0, 0.1) is 13.8 Å². The van der Waals surface area contributed by atoms with Gasteiger partial charge in [0.1, 0.15) is 6.10 Å². The van der Waals surface area contributed by atoms with Crippen molar-refractivity contribution in [2.45, 2.75) is 39.8 Å². The maximum atomic E-state index is 10.5. The van der Waals surface area contributed by atoms with E-state index < -0.39 is 6.10 Å². The topological polar surface area (TPSA) is 50.9 Å². The molecule has 1 aromatic carbocycles. The SMILES string of the molecule is CCCn1nncc1C(O)c1cc(C)ccc1C. The Morgan fingerprint density at radius 3 is 2.83 bits per heavy atom. The number of benzene rings is 1. The highest BCUT2D eigenvalue weighted by Gasteiger charge is 2.17. The molecule has 0 saturated heterocycles. The number of nitrogens with zero attached hydrogens (tertiary/aromatic N) is 3. The van der Waals surface area contributed by atoms with Crippen molar-refractivity contribution in [2.24, 2.45) is 0 Å². The summed E-state index contributed by atoms with van der Waals surface area (Å²) < 4.78 is 1.77. The molecule has 4 nitrogen and oxygen atoms in total. The summed E-state index contributed by atoms with van der Waals surface area (Å²) in [7, 11) is 0. The van der Waals surface area contributed by atoms with Crippen LogP contribution in [0.2, 0.25) is 0 Å². The van der Waals surface area contributed by atoms with Crippen LogP contribution >= 0.6 is 0 Å². The molecule has 1 unspecified atom stereocenters. The van der Waals surface area contributed by atoms with Crippen molar-refractivity contribution < 1.29 is 5.11 Å². The molecule has 1 atom stereocenters. The standard InChI is InChI=1S/C14H19N3O/c1-4-7-17-13(9-15-16-17)14(18)12-8-10(2)5-6-11(12)3/h5-6,8-9,14,18H,4,7H2,1-3H3. The van der Waals surface area contributed by atoms with Gasteiger partial charge in [0.2, 0.25) is 0 Å². The van der Waals surface area contributed by atoms with Crippen LogP contribution < -0.4 is 0 Å². The Morgan fingerprint density at radius 1 is 1.33 bits per heavy atom. The van der Waals surface area contributed by atoms with Crippen LogP contribution in [0.3, 0.4) is 0 Å². The minimum Gasteiger partial charge on any atom is -0.382 e. The summed E-state index contributed by atoms with van der Waals surface area (Å²) in [6.07, 6.45) is 1.95. The molecule has 1 heterocycles. The van der Waals surface area contributed by atoms with E-state index >= 15 is 0 Å². The summed E-state index contributed by atoms with van der Waals surface area (Å²) in [5.74, 6) is 0. The third kappa shape index (κ3) is 2.43. The maximum absolute atomic E-state index is 10.5. The van der Waals surface area contributed by atoms with Gasteiger partial charge in [-0.15, -0.1) is 5.10 Å². The third-order valence-corrected chi connectivity index (χ3v) is 3.09. The third-order valence-electron chi connectivity index (χ3n) is 3.09.